The van der Waals surface area contributed by atoms with Gasteiger partial charge in [-0.2, -0.15) is 0 Å². The number of carbonyl (C=O) groups is 2. The summed E-state index contributed by atoms with van der Waals surface area (Å²) in [6.07, 6.45) is 4.08. The molecule has 34 heavy (non-hydrogen) atoms. The monoisotopic (exact) mass is 573 g/mol. The van der Waals surface area contributed by atoms with Crippen LogP contribution in [0.2, 0.25) is 0 Å². The van der Waals surface area contributed by atoms with Crippen LogP contribution in [0.3, 0.4) is 0 Å². The number of fused-ring (bicyclic) bond motifs is 1. The van der Waals surface area contributed by atoms with Crippen LogP contribution in [0.5, 0.6) is 0 Å². The second-order valence-electron chi connectivity index (χ2n) is 9.16. The van der Waals surface area contributed by atoms with Crippen molar-refractivity contribution in [3.8, 4) is 0 Å². The van der Waals surface area contributed by atoms with Gasteiger partial charge in [-0.15, -0.1) is 0 Å². The lowest BCUT2D eigenvalue weighted by Gasteiger charge is -2.34. The lowest BCUT2D eigenvalue weighted by molar-refractivity contribution is -0.114. The highest BCUT2D eigenvalue weighted by Crippen LogP contribution is 2.27. The first kappa shape index (κ1) is 24.7. The van der Waals surface area contributed by atoms with E-state index in [0.29, 0.717) is 16.7 Å². The smallest absolute Gasteiger partial charge is 0.260 e. The number of piperidine rings is 1. The van der Waals surface area contributed by atoms with Crippen molar-refractivity contribution < 1.29 is 9.59 Å². The van der Waals surface area contributed by atoms with E-state index in [4.69, 9.17) is 0 Å². The van der Waals surface area contributed by atoms with Gasteiger partial charge in [0.1, 0.15) is 0 Å². The Morgan fingerprint density at radius 1 is 1.06 bits per heavy atom. The maximum atomic E-state index is 12.4. The number of carbonyl (C=O) groups excluding carboxylic acids is 2. The number of rotatable bonds is 8. The van der Waals surface area contributed by atoms with Crippen LogP contribution in [-0.4, -0.2) is 63.5 Å². The highest BCUT2D eigenvalue weighted by Gasteiger charge is 2.27. The van der Waals surface area contributed by atoms with Crippen LogP contribution in [0.25, 0.3) is 5.57 Å². The van der Waals surface area contributed by atoms with Crippen molar-refractivity contribution >= 4 is 51.4 Å². The molecule has 1 saturated heterocycles. The summed E-state index contributed by atoms with van der Waals surface area (Å²) in [6, 6.07) is 13.8. The van der Waals surface area contributed by atoms with Gasteiger partial charge in [-0.1, -0.05) is 0 Å². The van der Waals surface area contributed by atoms with Gasteiger partial charge in [0.15, 0.2) is 0 Å². The molecule has 0 radical (unpaired) electrons. The minimum absolute atomic E-state index is 0.356. The second kappa shape index (κ2) is 11.3. The van der Waals surface area contributed by atoms with E-state index in [1.165, 1.54) is 18.5 Å². The molecule has 0 unspecified atom stereocenters. The van der Waals surface area contributed by atoms with Crippen LogP contribution in [-0.2, 0) is 4.79 Å². The molecule has 0 saturated carbocycles. The largest absolute Gasteiger partial charge is 0.372 e. The van der Waals surface area contributed by atoms with Crippen molar-refractivity contribution in [2.24, 2.45) is 5.92 Å². The molecule has 7 nitrogen and oxygen atoms in total. The number of hydrogen-bond acceptors (Lipinski definition) is 6. The third-order valence-corrected chi connectivity index (χ3v) is 7.06. The fourth-order valence-electron chi connectivity index (χ4n) is 4.37. The van der Waals surface area contributed by atoms with Crippen LogP contribution in [0.15, 0.2) is 48.7 Å². The Kier molecular flexibility index (Phi) is 8.23. The molecular weight excluding hydrogens is 541 g/mol. The first-order valence-electron chi connectivity index (χ1n) is 11.7. The summed E-state index contributed by atoms with van der Waals surface area (Å²) in [5, 5.41) is 9.23. The summed E-state index contributed by atoms with van der Waals surface area (Å²) in [7, 11) is 4.21. The third-order valence-electron chi connectivity index (χ3n) is 6.39. The molecular formula is C26H32IN5O2. The maximum Gasteiger partial charge on any atom is 0.260 e. The number of anilines is 2. The number of nitrogens with one attached hydrogen (secondary N) is 3. The van der Waals surface area contributed by atoms with Crippen LogP contribution in [0.1, 0.15) is 28.8 Å². The van der Waals surface area contributed by atoms with Gasteiger partial charge in [0.25, 0.3) is 11.8 Å². The molecule has 2 amide bonds. The van der Waals surface area contributed by atoms with Crippen molar-refractivity contribution in [3.05, 3.63) is 63.4 Å². The Bertz CT molecular complexity index is 1060. The molecule has 0 spiro atoms. The predicted molar refractivity (Wildman–Crippen MR) is 146 cm³/mol. The number of hydrogen-bond donors (Lipinski definition) is 3. The fraction of sp³-hybridized carbons (Fsp3) is 0.385. The molecule has 0 atom stereocenters. The second-order valence-corrected chi connectivity index (χ2v) is 10.4. The number of nitrogens with zero attached hydrogens (tertiary/aromatic N) is 2. The number of halogens is 1. The summed E-state index contributed by atoms with van der Waals surface area (Å²) in [4.78, 5) is 29.2. The average molecular weight is 573 g/mol. The van der Waals surface area contributed by atoms with Gasteiger partial charge >= 0.3 is 0 Å². The van der Waals surface area contributed by atoms with Crippen molar-refractivity contribution in [1.82, 2.24) is 15.5 Å². The van der Waals surface area contributed by atoms with Crippen LogP contribution < -0.4 is 20.9 Å². The SMILES string of the molecule is CN(C)CCNCC1CCN(c2ccc(N/C=C3\C(=O)NC(=O)c4ccc(I)cc43)cc2)CC1. The highest BCUT2D eigenvalue weighted by atomic mass is 127. The molecule has 0 bridgehead atoms. The molecule has 3 N–H and O–H groups in total. The minimum atomic E-state index is -0.386. The number of imide groups is 1. The van der Waals surface area contributed by atoms with Crippen molar-refractivity contribution in [3.63, 3.8) is 0 Å². The third kappa shape index (κ3) is 6.17. The van der Waals surface area contributed by atoms with Gasteiger partial charge < -0.3 is 20.4 Å². The highest BCUT2D eigenvalue weighted by molar-refractivity contribution is 14.1. The first-order valence-corrected chi connectivity index (χ1v) is 12.8. The van der Waals surface area contributed by atoms with E-state index in [0.717, 1.165) is 47.9 Å². The van der Waals surface area contributed by atoms with E-state index < -0.39 is 0 Å². The van der Waals surface area contributed by atoms with E-state index in [9.17, 15) is 9.59 Å². The molecule has 8 heteroatoms. The molecule has 2 aliphatic heterocycles. The number of benzene rings is 2. The molecule has 2 aromatic carbocycles. The number of amides is 2. The van der Waals surface area contributed by atoms with E-state index in [2.05, 4.69) is 74.6 Å². The lowest BCUT2D eigenvalue weighted by atomic mass is 9.95. The normalized spacial score (nSPS) is 17.8. The Hall–Kier alpha value is -2.43. The Labute approximate surface area is 215 Å². The zero-order valence-corrected chi connectivity index (χ0v) is 21.9. The standard InChI is InChI=1S/C26H32IN5O2/c1-31(2)14-11-28-16-18-9-12-32(13-10-18)21-6-4-20(5-7-21)29-17-24-23-15-19(27)3-8-22(23)25(33)30-26(24)34/h3-8,15,17-18,28-29H,9-14,16H2,1-2H3,(H,30,33,34)/b24-17-. The summed E-state index contributed by atoms with van der Waals surface area (Å²) >= 11 is 2.19. The van der Waals surface area contributed by atoms with E-state index >= 15 is 0 Å². The zero-order chi connectivity index (χ0) is 24.1. The summed E-state index contributed by atoms with van der Waals surface area (Å²) in [6.45, 7) is 5.35. The topological polar surface area (TPSA) is 76.7 Å². The van der Waals surface area contributed by atoms with Crippen molar-refractivity contribution in [2.75, 3.05) is 57.0 Å². The van der Waals surface area contributed by atoms with Gasteiger partial charge in [0.05, 0.1) is 5.57 Å². The average Bonchev–Trinajstić information content (AvgIpc) is 2.82. The molecule has 180 valence electrons. The van der Waals surface area contributed by atoms with Crippen molar-refractivity contribution in [2.45, 2.75) is 12.8 Å². The summed E-state index contributed by atoms with van der Waals surface area (Å²) in [5.74, 6) is -0.000787. The fourth-order valence-corrected chi connectivity index (χ4v) is 4.86. The Morgan fingerprint density at radius 2 is 1.79 bits per heavy atom. The number of likely N-dealkylation sites (N-methyl/N-ethyl adjacent to an activating group) is 1. The van der Waals surface area contributed by atoms with Crippen LogP contribution in [0.4, 0.5) is 11.4 Å². The molecule has 0 aliphatic carbocycles. The quantitative estimate of drug-likeness (QED) is 0.195. The Morgan fingerprint density at radius 3 is 2.50 bits per heavy atom. The van der Waals surface area contributed by atoms with Gasteiger partial charge in [0.2, 0.25) is 0 Å². The summed E-state index contributed by atoms with van der Waals surface area (Å²) < 4.78 is 0.974. The van der Waals surface area contributed by atoms with Gasteiger partial charge in [-0.3, -0.25) is 14.9 Å². The maximum absolute atomic E-state index is 12.4. The molecule has 2 heterocycles. The van der Waals surface area contributed by atoms with E-state index in [-0.39, 0.29) is 11.8 Å². The zero-order valence-electron chi connectivity index (χ0n) is 19.7. The van der Waals surface area contributed by atoms with Gasteiger partial charge in [-0.05, 0) is 104 Å². The summed E-state index contributed by atoms with van der Waals surface area (Å²) in [5.41, 5.74) is 3.74. The van der Waals surface area contributed by atoms with Crippen LogP contribution in [0, 0.1) is 9.49 Å². The van der Waals surface area contributed by atoms with Gasteiger partial charge in [-0.25, -0.2) is 0 Å². The van der Waals surface area contributed by atoms with Crippen molar-refractivity contribution in [1.29, 1.82) is 0 Å². The van der Waals surface area contributed by atoms with Crippen LogP contribution >= 0.6 is 22.6 Å². The molecule has 2 aliphatic rings. The van der Waals surface area contributed by atoms with E-state index in [1.54, 1.807) is 12.3 Å². The Balaban J connectivity index is 1.33. The minimum Gasteiger partial charge on any atom is -0.372 e. The first-order chi connectivity index (χ1) is 16.4. The lowest BCUT2D eigenvalue weighted by Crippen LogP contribution is -2.38. The molecule has 0 aromatic heterocycles. The van der Waals surface area contributed by atoms with E-state index in [1.807, 2.05) is 24.3 Å². The molecule has 1 fully saturated rings. The predicted octanol–water partition coefficient (Wildman–Crippen LogP) is 3.38. The van der Waals surface area contributed by atoms with Gasteiger partial charge in [0, 0.05) is 58.5 Å². The molecule has 4 rings (SSSR count). The molecule has 2 aromatic rings.